The van der Waals surface area contributed by atoms with E-state index < -0.39 is 32.3 Å². The SMILES string of the molecule is Cc1[nH]cnc1C1=[N+](O)C(C)(C)C(C)(C)N1O.Cc1[nH]cnc1C1=[N+](O)C(C)(C)C(C)(C)N1O.O=[N+]([O-])O.O=[N+]([O-])O.[Cu]. The topological polar surface area (TPSA) is 278 Å². The molecule has 21 heteroatoms. The summed E-state index contributed by atoms with van der Waals surface area (Å²) in [5.74, 6) is 0.609. The minimum Gasteiger partial charge on any atom is -0.354 e. The van der Waals surface area contributed by atoms with E-state index in [9.17, 15) is 20.8 Å². The van der Waals surface area contributed by atoms with E-state index in [1.54, 1.807) is 0 Å². The third kappa shape index (κ3) is 7.24. The zero-order valence-corrected chi connectivity index (χ0v) is 26.3. The molecule has 0 saturated carbocycles. The number of hydrogen-bond acceptors (Lipinski definition) is 12. The molecular weight excluding hydrogens is 628 g/mol. The predicted octanol–water partition coefficient (Wildman–Crippen LogP) is 1.56. The number of imidazole rings is 2. The molecule has 1 radical (unpaired) electrons. The molecule has 0 aromatic carbocycles. The second-order valence-electron chi connectivity index (χ2n) is 11.4. The van der Waals surface area contributed by atoms with Crippen LogP contribution in [0.5, 0.6) is 0 Å². The van der Waals surface area contributed by atoms with Crippen LogP contribution in [0.3, 0.4) is 0 Å². The maximum Gasteiger partial charge on any atom is 0.370 e. The summed E-state index contributed by atoms with van der Waals surface area (Å²) >= 11 is 0. The van der Waals surface area contributed by atoms with E-state index in [0.717, 1.165) is 31.0 Å². The second kappa shape index (κ2) is 13.4. The Bertz CT molecular complexity index is 1260. The average Bonchev–Trinajstić information content (AvgIpc) is 3.50. The first-order valence-electron chi connectivity index (χ1n) is 12.3. The molecule has 2 aromatic rings. The van der Waals surface area contributed by atoms with Gasteiger partial charge in [0.05, 0.1) is 12.7 Å². The molecule has 43 heavy (non-hydrogen) atoms. The van der Waals surface area contributed by atoms with Gasteiger partial charge in [-0.25, -0.2) is 20.4 Å². The van der Waals surface area contributed by atoms with Crippen molar-refractivity contribution in [1.82, 2.24) is 30.1 Å². The minimum absolute atomic E-state index is 0. The van der Waals surface area contributed by atoms with Gasteiger partial charge >= 0.3 is 11.7 Å². The number of hydroxylamine groups is 6. The van der Waals surface area contributed by atoms with Crippen molar-refractivity contribution in [3.63, 3.8) is 0 Å². The Morgan fingerprint density at radius 3 is 1.09 bits per heavy atom. The van der Waals surface area contributed by atoms with Crippen LogP contribution in [0, 0.1) is 34.1 Å². The predicted molar refractivity (Wildman–Crippen MR) is 140 cm³/mol. The summed E-state index contributed by atoms with van der Waals surface area (Å²) in [6, 6.07) is 0. The van der Waals surface area contributed by atoms with E-state index in [4.69, 9.17) is 30.6 Å². The Hall–Kier alpha value is -4.20. The van der Waals surface area contributed by atoms with Crippen molar-refractivity contribution in [3.8, 4) is 0 Å². The van der Waals surface area contributed by atoms with Gasteiger partial charge in [0.25, 0.3) is 10.2 Å². The minimum atomic E-state index is -1.50. The van der Waals surface area contributed by atoms with Gasteiger partial charge in [0.1, 0.15) is 0 Å². The van der Waals surface area contributed by atoms with Crippen molar-refractivity contribution in [1.29, 1.82) is 0 Å². The third-order valence-corrected chi connectivity index (χ3v) is 8.00. The van der Waals surface area contributed by atoms with Crippen LogP contribution in [-0.4, -0.2) is 115 Å². The van der Waals surface area contributed by atoms with E-state index in [2.05, 4.69) is 19.9 Å². The molecule has 0 unspecified atom stereocenters. The van der Waals surface area contributed by atoms with E-state index in [0.29, 0.717) is 23.1 Å². The van der Waals surface area contributed by atoms with Gasteiger partial charge < -0.3 is 30.8 Å². The van der Waals surface area contributed by atoms with Crippen molar-refractivity contribution in [2.75, 3.05) is 0 Å². The number of amidine groups is 2. The number of aromatic amines is 2. The monoisotopic (exact) mass is 667 g/mol. The molecule has 8 N–H and O–H groups in total. The molecule has 2 aliphatic heterocycles. The summed E-state index contributed by atoms with van der Waals surface area (Å²) in [5.41, 5.74) is 0.205. The molecule has 0 aliphatic carbocycles. The van der Waals surface area contributed by atoms with E-state index in [1.165, 1.54) is 12.7 Å². The largest absolute Gasteiger partial charge is 0.370 e. The smallest absolute Gasteiger partial charge is 0.354 e. The van der Waals surface area contributed by atoms with Crippen molar-refractivity contribution in [2.24, 2.45) is 0 Å². The number of nitrogens with one attached hydrogen (secondary N) is 2. The molecule has 4 heterocycles. The summed E-state index contributed by atoms with van der Waals surface area (Å²) in [6.07, 6.45) is 3.08. The molecule has 0 fully saturated rings. The first-order chi connectivity index (χ1) is 18.9. The Kier molecular flexibility index (Phi) is 12.1. The Labute approximate surface area is 256 Å². The quantitative estimate of drug-likeness (QED) is 0.0742. The van der Waals surface area contributed by atoms with Gasteiger partial charge in [-0.1, -0.05) is 9.48 Å². The Morgan fingerprint density at radius 2 is 0.953 bits per heavy atom. The summed E-state index contributed by atoms with van der Waals surface area (Å²) in [5, 5.41) is 70.5. The zero-order chi connectivity index (χ0) is 33.2. The fourth-order valence-electron chi connectivity index (χ4n) is 3.84. The number of aryl methyl sites for hydroxylation is 2. The van der Waals surface area contributed by atoms with Crippen LogP contribution >= 0.6 is 0 Å². The van der Waals surface area contributed by atoms with E-state index in [1.807, 2.05) is 69.2 Å². The van der Waals surface area contributed by atoms with E-state index >= 15 is 0 Å². The molecule has 247 valence electrons. The van der Waals surface area contributed by atoms with Gasteiger partial charge in [-0.3, -0.25) is 0 Å². The first-order valence-corrected chi connectivity index (χ1v) is 12.3. The average molecular weight is 668 g/mol. The maximum absolute atomic E-state index is 10.3. The standard InChI is InChI=1S/2C11H18N4O2.Cu.2HNO3/c2*1-7-8(13-6-12-7)9-14(16)10(2,3)11(4,5)15(9)17;;2*2-1(3)4/h2*6,16-17H,1-5H3;;2*(H,2,3,4)/p+2. The fourth-order valence-corrected chi connectivity index (χ4v) is 3.84. The van der Waals surface area contributed by atoms with Crippen molar-refractivity contribution in [2.45, 2.75) is 91.4 Å². The van der Waals surface area contributed by atoms with Crippen molar-refractivity contribution >= 4 is 11.7 Å². The number of rotatable bonds is 2. The van der Waals surface area contributed by atoms with Crippen LogP contribution < -0.4 is 0 Å². The summed E-state index contributed by atoms with van der Waals surface area (Å²) in [4.78, 5) is 30.9. The number of hydrogen-bond donors (Lipinski definition) is 8. The van der Waals surface area contributed by atoms with Gasteiger partial charge in [0.2, 0.25) is 0 Å². The molecule has 0 atom stereocenters. The third-order valence-electron chi connectivity index (χ3n) is 8.00. The van der Waals surface area contributed by atoms with Crippen LogP contribution in [0.2, 0.25) is 0 Å². The Balaban J connectivity index is 0.000000646. The summed E-state index contributed by atoms with van der Waals surface area (Å²) in [7, 11) is 0. The molecule has 0 spiro atoms. The summed E-state index contributed by atoms with van der Waals surface area (Å²) < 4.78 is 2.16. The zero-order valence-electron chi connectivity index (χ0n) is 25.4. The van der Waals surface area contributed by atoms with Crippen LogP contribution in [0.4, 0.5) is 0 Å². The molecule has 0 amide bonds. The maximum atomic E-state index is 10.3. The fraction of sp³-hybridized carbons (Fsp3) is 0.636. The van der Waals surface area contributed by atoms with E-state index in [-0.39, 0.29) is 17.1 Å². The van der Waals surface area contributed by atoms with Crippen molar-refractivity contribution in [3.05, 3.63) is 55.7 Å². The van der Waals surface area contributed by atoms with Gasteiger partial charge in [-0.2, -0.15) is 0 Å². The van der Waals surface area contributed by atoms with Crippen LogP contribution in [0.1, 0.15) is 78.2 Å². The molecule has 20 nitrogen and oxygen atoms in total. The van der Waals surface area contributed by atoms with Crippen LogP contribution in [0.25, 0.3) is 0 Å². The summed E-state index contributed by atoms with van der Waals surface area (Å²) in [6.45, 7) is 18.6. The van der Waals surface area contributed by atoms with Gasteiger partial charge in [-0.05, 0) is 69.2 Å². The van der Waals surface area contributed by atoms with Gasteiger partial charge in [-0.15, -0.1) is 30.4 Å². The van der Waals surface area contributed by atoms with Gasteiger partial charge in [0, 0.05) is 28.5 Å². The molecular formula is C22H40CuN10O10+2. The first kappa shape index (κ1) is 38.8. The van der Waals surface area contributed by atoms with Crippen LogP contribution in [-0.2, 0) is 17.1 Å². The Morgan fingerprint density at radius 1 is 0.721 bits per heavy atom. The number of nitrogens with zero attached hydrogens (tertiary/aromatic N) is 8. The van der Waals surface area contributed by atoms with Crippen LogP contribution in [0.15, 0.2) is 12.7 Å². The molecule has 4 rings (SSSR count). The molecule has 2 aliphatic rings. The molecule has 0 bridgehead atoms. The molecule has 0 saturated heterocycles. The number of H-pyrrole nitrogens is 2. The van der Waals surface area contributed by atoms with Gasteiger partial charge in [0.15, 0.2) is 33.5 Å². The number of aromatic nitrogens is 4. The normalized spacial score (nSPS) is 18.8. The molecule has 2 aromatic heterocycles. The van der Waals surface area contributed by atoms with Crippen molar-refractivity contribution < 1.29 is 68.0 Å². The second-order valence-corrected chi connectivity index (χ2v) is 11.4.